The second kappa shape index (κ2) is 15.1. The molecule has 3 aromatic heterocycles. The molecule has 1 unspecified atom stereocenters. The molecule has 3 nitrogen and oxygen atoms in total. The maximum Gasteiger partial charge on any atom is 0.136 e. The third-order valence-corrected chi connectivity index (χ3v) is 12.9. The molecule has 1 aliphatic carbocycles. The largest absolute Gasteiger partial charge is 0.456 e. The zero-order chi connectivity index (χ0) is 41.9. The molecule has 298 valence electrons. The molecule has 0 bridgehead atoms. The van der Waals surface area contributed by atoms with Gasteiger partial charge >= 0.3 is 0 Å². The van der Waals surface area contributed by atoms with Crippen LogP contribution < -0.4 is 4.90 Å². The second-order valence-electron chi connectivity index (χ2n) is 16.5. The number of hydrogen-bond donors (Lipinski definition) is 0. The van der Waals surface area contributed by atoms with E-state index in [1.54, 1.807) is 0 Å². The monoisotopic (exact) mass is 806 g/mol. The standard InChI is InChI=1S/C60H42N2O/c1-2-47(15-10-12-40-22-36-52-51-17-7-9-21-58(51)63-59(52)38-40)61(48-32-27-44(28-33-48)43-25-23-42(24-26-43)41-13-4-3-5-14-41)49-34-29-45(30-35-49)46-31-37-57-55(39-46)54-19-11-18-53-50-16-6-8-20-56(50)62(57)60(53)54/h2-29,31-39,45H,1,30H2/b12-10+,47-15+. The van der Waals surface area contributed by atoms with Crippen LogP contribution in [0.1, 0.15) is 23.5 Å². The molecule has 8 aromatic carbocycles. The SMILES string of the molecule is C=C/C(=C\C=C\c1ccc2c(c1)oc1ccccc12)N(C1=CCC(c2ccc3c(c2)c2cccc4c5ccccc5n3c42)C=C1)c1ccc(-c2ccc(-c3ccccc3)cc2)cc1. The molecule has 0 aliphatic heterocycles. The van der Waals surface area contributed by atoms with Crippen LogP contribution in [0, 0.1) is 0 Å². The number of furan rings is 1. The molecule has 12 rings (SSSR count). The first-order chi connectivity index (χ1) is 31.2. The lowest BCUT2D eigenvalue weighted by Crippen LogP contribution is -2.21. The van der Waals surface area contributed by atoms with Crippen LogP contribution in [0.4, 0.5) is 5.69 Å². The molecule has 0 saturated carbocycles. The number of anilines is 1. The van der Waals surface area contributed by atoms with Gasteiger partial charge in [0.2, 0.25) is 0 Å². The molecule has 11 aromatic rings. The number of fused-ring (bicyclic) bond motifs is 9. The van der Waals surface area contributed by atoms with Crippen LogP contribution >= 0.6 is 0 Å². The Kier molecular flexibility index (Phi) is 8.79. The lowest BCUT2D eigenvalue weighted by molar-refractivity contribution is 0.669. The Bertz CT molecular complexity index is 3650. The van der Waals surface area contributed by atoms with E-state index in [1.165, 1.54) is 65.9 Å². The van der Waals surface area contributed by atoms with Gasteiger partial charge in [-0.25, -0.2) is 0 Å². The number of aromatic nitrogens is 1. The fourth-order valence-electron chi connectivity index (χ4n) is 9.78. The summed E-state index contributed by atoms with van der Waals surface area (Å²) in [5.74, 6) is 0.252. The van der Waals surface area contributed by atoms with Gasteiger partial charge in [-0.3, -0.25) is 0 Å². The van der Waals surface area contributed by atoms with Gasteiger partial charge in [-0.05, 0) is 107 Å². The third-order valence-electron chi connectivity index (χ3n) is 12.9. The quantitative estimate of drug-likeness (QED) is 0.135. The topological polar surface area (TPSA) is 20.8 Å². The van der Waals surface area contributed by atoms with Gasteiger partial charge < -0.3 is 13.7 Å². The fourth-order valence-corrected chi connectivity index (χ4v) is 9.78. The Morgan fingerprint density at radius 2 is 1.22 bits per heavy atom. The summed E-state index contributed by atoms with van der Waals surface area (Å²) in [6.07, 6.45) is 16.2. The maximum atomic E-state index is 6.20. The lowest BCUT2D eigenvalue weighted by atomic mass is 9.90. The van der Waals surface area contributed by atoms with Crippen LogP contribution in [0.5, 0.6) is 0 Å². The molecule has 1 atom stereocenters. The minimum Gasteiger partial charge on any atom is -0.456 e. The number of benzene rings is 8. The summed E-state index contributed by atoms with van der Waals surface area (Å²) in [4.78, 5) is 2.32. The van der Waals surface area contributed by atoms with E-state index >= 15 is 0 Å². The lowest BCUT2D eigenvalue weighted by Gasteiger charge is -2.30. The van der Waals surface area contributed by atoms with Crippen molar-refractivity contribution in [3.8, 4) is 22.3 Å². The van der Waals surface area contributed by atoms with Crippen molar-refractivity contribution in [3.63, 3.8) is 0 Å². The highest BCUT2D eigenvalue weighted by atomic mass is 16.3. The summed E-state index contributed by atoms with van der Waals surface area (Å²) in [5, 5.41) is 7.50. The predicted molar refractivity (Wildman–Crippen MR) is 267 cm³/mol. The van der Waals surface area contributed by atoms with Crippen LogP contribution in [0.25, 0.3) is 88.4 Å². The molecule has 0 amide bonds. The van der Waals surface area contributed by atoms with Crippen molar-refractivity contribution in [2.24, 2.45) is 0 Å². The van der Waals surface area contributed by atoms with Crippen LogP contribution in [0.15, 0.2) is 241 Å². The van der Waals surface area contributed by atoms with Gasteiger partial charge in [0.1, 0.15) is 11.2 Å². The van der Waals surface area contributed by atoms with Crippen LogP contribution in [0.2, 0.25) is 0 Å². The van der Waals surface area contributed by atoms with E-state index in [2.05, 4.69) is 222 Å². The average Bonchev–Trinajstić information content (AvgIpc) is 4.01. The first-order valence-electron chi connectivity index (χ1n) is 21.7. The summed E-state index contributed by atoms with van der Waals surface area (Å²) in [5.41, 5.74) is 16.0. The van der Waals surface area contributed by atoms with Crippen molar-refractivity contribution in [2.75, 3.05) is 4.90 Å². The highest BCUT2D eigenvalue weighted by Crippen LogP contribution is 2.41. The summed E-state index contributed by atoms with van der Waals surface area (Å²) in [6, 6.07) is 65.4. The van der Waals surface area contributed by atoms with Gasteiger partial charge in [0.05, 0.1) is 16.6 Å². The van der Waals surface area contributed by atoms with Crippen molar-refractivity contribution in [2.45, 2.75) is 12.3 Å². The van der Waals surface area contributed by atoms with Crippen molar-refractivity contribution < 1.29 is 4.42 Å². The molecular formula is C60H42N2O. The number of hydrogen-bond acceptors (Lipinski definition) is 2. The Morgan fingerprint density at radius 3 is 1.98 bits per heavy atom. The first kappa shape index (κ1) is 36.7. The number of para-hydroxylation sites is 3. The van der Waals surface area contributed by atoms with Crippen LogP contribution in [-0.2, 0) is 0 Å². The van der Waals surface area contributed by atoms with E-state index in [9.17, 15) is 0 Å². The minimum atomic E-state index is 0.252. The molecule has 3 heteroatoms. The molecule has 0 radical (unpaired) electrons. The van der Waals surface area contributed by atoms with Crippen LogP contribution in [-0.4, -0.2) is 4.40 Å². The van der Waals surface area contributed by atoms with Gasteiger partial charge in [-0.2, -0.15) is 0 Å². The maximum absolute atomic E-state index is 6.20. The molecule has 63 heavy (non-hydrogen) atoms. The van der Waals surface area contributed by atoms with E-state index in [0.29, 0.717) is 0 Å². The average molecular weight is 807 g/mol. The Hall–Kier alpha value is -8.14. The number of rotatable bonds is 9. The molecule has 0 N–H and O–H groups in total. The van der Waals surface area contributed by atoms with E-state index in [0.717, 1.165) is 51.0 Å². The summed E-state index contributed by atoms with van der Waals surface area (Å²) in [6.45, 7) is 4.32. The Labute approximate surface area is 366 Å². The van der Waals surface area contributed by atoms with Crippen molar-refractivity contribution in [1.29, 1.82) is 0 Å². The Morgan fingerprint density at radius 1 is 0.571 bits per heavy atom. The van der Waals surface area contributed by atoms with E-state index in [1.807, 2.05) is 18.2 Å². The highest BCUT2D eigenvalue weighted by molar-refractivity contribution is 6.23. The van der Waals surface area contributed by atoms with E-state index in [-0.39, 0.29) is 5.92 Å². The molecule has 0 saturated heterocycles. The van der Waals surface area contributed by atoms with Gasteiger partial charge in [0.25, 0.3) is 0 Å². The highest BCUT2D eigenvalue weighted by Gasteiger charge is 2.21. The van der Waals surface area contributed by atoms with Gasteiger partial charge in [-0.15, -0.1) is 0 Å². The summed E-state index contributed by atoms with van der Waals surface area (Å²) >= 11 is 0. The molecule has 1 aliphatic rings. The predicted octanol–water partition coefficient (Wildman–Crippen LogP) is 16.3. The van der Waals surface area contributed by atoms with Crippen molar-refractivity contribution in [3.05, 3.63) is 248 Å². The molecular weight excluding hydrogens is 765 g/mol. The molecule has 0 spiro atoms. The first-order valence-corrected chi connectivity index (χ1v) is 21.7. The summed E-state index contributed by atoms with van der Waals surface area (Å²) < 4.78 is 8.65. The van der Waals surface area contributed by atoms with Crippen molar-refractivity contribution in [1.82, 2.24) is 4.40 Å². The summed E-state index contributed by atoms with van der Waals surface area (Å²) in [7, 11) is 0. The second-order valence-corrected chi connectivity index (χ2v) is 16.5. The normalized spacial score (nSPS) is 14.6. The zero-order valence-electron chi connectivity index (χ0n) is 34.7. The zero-order valence-corrected chi connectivity index (χ0v) is 34.7. The third kappa shape index (κ3) is 6.28. The number of allylic oxidation sites excluding steroid dienone is 6. The van der Waals surface area contributed by atoms with Crippen LogP contribution in [0.3, 0.4) is 0 Å². The minimum absolute atomic E-state index is 0.252. The molecule has 0 fully saturated rings. The van der Waals surface area contributed by atoms with Gasteiger partial charge in [0, 0.05) is 55.3 Å². The van der Waals surface area contributed by atoms with Crippen molar-refractivity contribution >= 4 is 71.8 Å². The van der Waals surface area contributed by atoms with Gasteiger partial charge in [-0.1, -0.05) is 164 Å². The van der Waals surface area contributed by atoms with Gasteiger partial charge in [0.15, 0.2) is 0 Å². The number of nitrogens with zero attached hydrogens (tertiary/aromatic N) is 2. The van der Waals surface area contributed by atoms with E-state index in [4.69, 9.17) is 4.42 Å². The van der Waals surface area contributed by atoms with E-state index < -0.39 is 0 Å². The smallest absolute Gasteiger partial charge is 0.136 e. The Balaban J connectivity index is 0.874. The fraction of sp³-hybridized carbons (Fsp3) is 0.0333. The molecule has 3 heterocycles.